The van der Waals surface area contributed by atoms with Crippen LogP contribution in [0, 0.1) is 11.8 Å². The number of ketones is 1. The Morgan fingerprint density at radius 3 is 2.39 bits per heavy atom. The molecule has 0 saturated carbocycles. The van der Waals surface area contributed by atoms with Gasteiger partial charge >= 0.3 is 6.03 Å². The summed E-state index contributed by atoms with van der Waals surface area (Å²) in [4.78, 5) is 44.7. The van der Waals surface area contributed by atoms with Gasteiger partial charge in [-0.1, -0.05) is 84.9 Å². The van der Waals surface area contributed by atoms with Crippen LogP contribution in [0.1, 0.15) is 23.1 Å². The van der Waals surface area contributed by atoms with E-state index in [1.165, 1.54) is 0 Å². The first kappa shape index (κ1) is 26.6. The second-order valence-corrected chi connectivity index (χ2v) is 11.0. The highest BCUT2D eigenvalue weighted by molar-refractivity contribution is 5.93. The molecule has 3 amide bonds. The molecule has 2 aliphatic rings. The van der Waals surface area contributed by atoms with Crippen molar-refractivity contribution in [1.82, 2.24) is 15.1 Å². The molecule has 2 saturated heterocycles. The number of hydrogen-bond donors (Lipinski definition) is 2. The molecule has 7 nitrogen and oxygen atoms in total. The first-order valence-corrected chi connectivity index (χ1v) is 14.1. The van der Waals surface area contributed by atoms with Crippen LogP contribution in [-0.2, 0) is 29.1 Å². The van der Waals surface area contributed by atoms with Crippen molar-refractivity contribution >= 4 is 28.5 Å². The number of urea groups is 1. The monoisotopic (exact) mass is 547 g/mol. The Balaban J connectivity index is 1.32. The van der Waals surface area contributed by atoms with E-state index in [0.29, 0.717) is 32.6 Å². The third-order valence-corrected chi connectivity index (χ3v) is 8.44. The number of likely N-dealkylation sites (tertiary alicyclic amines) is 2. The van der Waals surface area contributed by atoms with Crippen molar-refractivity contribution < 1.29 is 19.5 Å². The van der Waals surface area contributed by atoms with Gasteiger partial charge in [0.25, 0.3) is 0 Å². The molecule has 208 valence electrons. The predicted octanol–water partition coefficient (Wildman–Crippen LogP) is 4.92. The van der Waals surface area contributed by atoms with Crippen LogP contribution in [0.25, 0.3) is 10.8 Å². The van der Waals surface area contributed by atoms with Gasteiger partial charge in [-0.3, -0.25) is 9.59 Å². The van der Waals surface area contributed by atoms with Crippen LogP contribution in [0.5, 0.6) is 5.75 Å². The summed E-state index contributed by atoms with van der Waals surface area (Å²) < 4.78 is 0. The van der Waals surface area contributed by atoms with E-state index in [2.05, 4.69) is 23.5 Å². The number of rotatable bonds is 6. The highest BCUT2D eigenvalue weighted by Gasteiger charge is 2.51. The van der Waals surface area contributed by atoms with Crippen molar-refractivity contribution in [3.8, 4) is 5.75 Å². The van der Waals surface area contributed by atoms with E-state index in [1.54, 1.807) is 29.2 Å². The molecule has 0 aliphatic carbocycles. The van der Waals surface area contributed by atoms with Crippen molar-refractivity contribution in [3.05, 3.63) is 114 Å². The second-order valence-electron chi connectivity index (χ2n) is 11.0. The molecule has 7 heteroatoms. The Morgan fingerprint density at radius 1 is 0.854 bits per heavy atom. The number of carbonyl (C=O) groups excluding carboxylic acids is 3. The summed E-state index contributed by atoms with van der Waals surface area (Å²) in [6.45, 7) is 1.40. The Morgan fingerprint density at radius 2 is 1.59 bits per heavy atom. The summed E-state index contributed by atoms with van der Waals surface area (Å²) >= 11 is 0. The maximum absolute atomic E-state index is 14.1. The lowest BCUT2D eigenvalue weighted by molar-refractivity contribution is -0.153. The second kappa shape index (κ2) is 11.5. The predicted molar refractivity (Wildman–Crippen MR) is 157 cm³/mol. The van der Waals surface area contributed by atoms with Gasteiger partial charge < -0.3 is 20.2 Å². The minimum absolute atomic E-state index is 0.0315. The minimum Gasteiger partial charge on any atom is -0.508 e. The molecule has 2 aliphatic heterocycles. The number of amides is 3. The number of phenolic OH excluding ortho intramolecular Hbond substituents is 1. The topological polar surface area (TPSA) is 90.0 Å². The fraction of sp³-hybridized carbons (Fsp3) is 0.265. The Labute approximate surface area is 239 Å². The maximum atomic E-state index is 14.1. The number of Topliss-reactive ketones (excluding diaryl/α,β-unsaturated/α-hetero) is 1. The van der Waals surface area contributed by atoms with Gasteiger partial charge in [-0.2, -0.15) is 0 Å². The molecule has 4 aromatic carbocycles. The van der Waals surface area contributed by atoms with E-state index in [1.807, 2.05) is 59.5 Å². The van der Waals surface area contributed by atoms with E-state index in [9.17, 15) is 19.5 Å². The molecule has 0 radical (unpaired) electrons. The molecule has 2 fully saturated rings. The van der Waals surface area contributed by atoms with E-state index in [-0.39, 0.29) is 29.9 Å². The molecule has 41 heavy (non-hydrogen) atoms. The van der Waals surface area contributed by atoms with Gasteiger partial charge in [0.05, 0.1) is 17.9 Å². The summed E-state index contributed by atoms with van der Waals surface area (Å²) in [5, 5.41) is 15.0. The van der Waals surface area contributed by atoms with Crippen molar-refractivity contribution in [2.45, 2.75) is 32.0 Å². The minimum atomic E-state index is -0.606. The highest BCUT2D eigenvalue weighted by atomic mass is 16.3. The van der Waals surface area contributed by atoms with Crippen LogP contribution >= 0.6 is 0 Å². The van der Waals surface area contributed by atoms with Gasteiger partial charge in [0.15, 0.2) is 0 Å². The van der Waals surface area contributed by atoms with Crippen LogP contribution < -0.4 is 5.32 Å². The molecule has 1 unspecified atom stereocenters. The van der Waals surface area contributed by atoms with Gasteiger partial charge in [-0.15, -0.1) is 0 Å². The van der Waals surface area contributed by atoms with Crippen LogP contribution in [-0.4, -0.2) is 51.8 Å². The average molecular weight is 548 g/mol. The van der Waals surface area contributed by atoms with Gasteiger partial charge in [0, 0.05) is 32.6 Å². The van der Waals surface area contributed by atoms with Gasteiger partial charge in [0.1, 0.15) is 11.5 Å². The smallest absolute Gasteiger partial charge is 0.318 e. The third-order valence-electron chi connectivity index (χ3n) is 8.44. The number of piperidine rings is 2. The van der Waals surface area contributed by atoms with Crippen LogP contribution in [0.3, 0.4) is 0 Å². The zero-order valence-corrected chi connectivity index (χ0v) is 22.8. The van der Waals surface area contributed by atoms with Crippen molar-refractivity contribution in [2.24, 2.45) is 11.8 Å². The SMILES string of the molecule is O=C1CCN(C(=O)NCc2ccccc2)[C@H]2CN(Cc3cccc4ccccc34)C(=O)[C@H](Cc3ccc(O)cc3)C12. The summed E-state index contributed by atoms with van der Waals surface area (Å²) in [6, 6.07) is 30.0. The average Bonchev–Trinajstić information content (AvgIpc) is 3.00. The van der Waals surface area contributed by atoms with Gasteiger partial charge in [0.2, 0.25) is 5.91 Å². The molecular weight excluding hydrogens is 514 g/mol. The quantitative estimate of drug-likeness (QED) is 0.359. The molecular formula is C34H33N3O4. The van der Waals surface area contributed by atoms with Gasteiger partial charge in [-0.25, -0.2) is 4.79 Å². The molecule has 0 bridgehead atoms. The number of carbonyl (C=O) groups is 3. The highest BCUT2D eigenvalue weighted by Crippen LogP contribution is 2.37. The molecule has 2 N–H and O–H groups in total. The lowest BCUT2D eigenvalue weighted by atomic mass is 9.72. The molecule has 0 aromatic heterocycles. The third kappa shape index (κ3) is 5.53. The van der Waals surface area contributed by atoms with E-state index >= 15 is 0 Å². The van der Waals surface area contributed by atoms with Gasteiger partial charge in [-0.05, 0) is 46.0 Å². The summed E-state index contributed by atoms with van der Waals surface area (Å²) in [7, 11) is 0. The number of nitrogens with one attached hydrogen (secondary N) is 1. The van der Waals surface area contributed by atoms with E-state index < -0.39 is 17.9 Å². The number of hydrogen-bond acceptors (Lipinski definition) is 4. The molecule has 3 atom stereocenters. The first-order chi connectivity index (χ1) is 20.0. The van der Waals surface area contributed by atoms with Crippen molar-refractivity contribution in [3.63, 3.8) is 0 Å². The summed E-state index contributed by atoms with van der Waals surface area (Å²) in [5.41, 5.74) is 2.89. The van der Waals surface area contributed by atoms with Crippen LogP contribution in [0.15, 0.2) is 97.1 Å². The lowest BCUT2D eigenvalue weighted by Gasteiger charge is -2.49. The number of phenols is 1. The maximum Gasteiger partial charge on any atom is 0.318 e. The van der Waals surface area contributed by atoms with E-state index in [4.69, 9.17) is 0 Å². The molecule has 4 aromatic rings. The zero-order chi connectivity index (χ0) is 28.3. The summed E-state index contributed by atoms with van der Waals surface area (Å²) in [6.07, 6.45) is 0.583. The van der Waals surface area contributed by atoms with Crippen LogP contribution in [0.4, 0.5) is 4.79 Å². The number of aromatic hydroxyl groups is 1. The number of fused-ring (bicyclic) bond motifs is 2. The van der Waals surface area contributed by atoms with E-state index in [0.717, 1.165) is 27.5 Å². The Hall–Kier alpha value is -4.65. The van der Waals surface area contributed by atoms with Crippen LogP contribution in [0.2, 0.25) is 0 Å². The molecule has 0 spiro atoms. The largest absolute Gasteiger partial charge is 0.508 e. The Bertz CT molecular complexity index is 1560. The normalized spacial score (nSPS) is 20.6. The number of nitrogens with zero attached hydrogens (tertiary/aromatic N) is 2. The molecule has 2 heterocycles. The van der Waals surface area contributed by atoms with Crippen molar-refractivity contribution in [2.75, 3.05) is 13.1 Å². The van der Waals surface area contributed by atoms with Crippen molar-refractivity contribution in [1.29, 1.82) is 0 Å². The number of benzene rings is 4. The molecule has 6 rings (SSSR count). The first-order valence-electron chi connectivity index (χ1n) is 14.1. The standard InChI is InChI=1S/C34H33N3O4/c38-27-15-13-23(14-16-27)19-29-32-30(37(18-17-31(32)39)34(41)35-20-24-7-2-1-3-8-24)22-36(33(29)40)21-26-11-6-10-25-9-4-5-12-28(25)26/h1-16,29-30,32,38H,17-22H2,(H,35,41)/t29-,30+,32?/m1/s1. The zero-order valence-electron chi connectivity index (χ0n) is 22.8. The fourth-order valence-corrected chi connectivity index (χ4v) is 6.39. The fourth-order valence-electron chi connectivity index (χ4n) is 6.39. The Kier molecular flexibility index (Phi) is 7.42. The summed E-state index contributed by atoms with van der Waals surface area (Å²) in [5.74, 6) is -1.09. The lowest BCUT2D eigenvalue weighted by Crippen LogP contribution is -2.65.